The van der Waals surface area contributed by atoms with Gasteiger partial charge >= 0.3 is 0 Å². The first-order valence-corrected chi connectivity index (χ1v) is 9.87. The summed E-state index contributed by atoms with van der Waals surface area (Å²) in [5.74, 6) is 1.35. The van der Waals surface area contributed by atoms with E-state index in [1.165, 1.54) is 11.8 Å². The minimum Gasteiger partial charge on any atom is -0.378 e. The van der Waals surface area contributed by atoms with Gasteiger partial charge in [0.2, 0.25) is 5.91 Å². The maximum atomic E-state index is 12.5. The van der Waals surface area contributed by atoms with Gasteiger partial charge in [-0.1, -0.05) is 23.9 Å². The van der Waals surface area contributed by atoms with Gasteiger partial charge < -0.3 is 19.3 Å². The predicted molar refractivity (Wildman–Crippen MR) is 101 cm³/mol. The predicted octanol–water partition coefficient (Wildman–Crippen LogP) is 1.42. The van der Waals surface area contributed by atoms with Crippen molar-refractivity contribution in [2.75, 3.05) is 63.3 Å². The standard InChI is InChI=1S/C18H22N4O3S/c23-16(21-5-9-24-10-6-21)13-26-18-17(22-7-11-25-12-8-22)19-14-3-1-2-4-15(14)20-18/h1-4H,5-13H2. The van der Waals surface area contributed by atoms with Crippen molar-refractivity contribution in [2.45, 2.75) is 5.03 Å². The molecule has 4 rings (SSSR count). The lowest BCUT2D eigenvalue weighted by Gasteiger charge is -2.29. The summed E-state index contributed by atoms with van der Waals surface area (Å²) < 4.78 is 10.8. The molecule has 2 aromatic rings. The van der Waals surface area contributed by atoms with Crippen LogP contribution in [0, 0.1) is 0 Å². The van der Waals surface area contributed by atoms with E-state index in [1.54, 1.807) is 0 Å². The van der Waals surface area contributed by atoms with E-state index in [4.69, 9.17) is 19.4 Å². The fourth-order valence-corrected chi connectivity index (χ4v) is 4.00. The number of aromatic nitrogens is 2. The number of nitrogens with zero attached hydrogens (tertiary/aromatic N) is 4. The van der Waals surface area contributed by atoms with Crippen molar-refractivity contribution < 1.29 is 14.3 Å². The van der Waals surface area contributed by atoms with Gasteiger partial charge in [-0.15, -0.1) is 0 Å². The largest absolute Gasteiger partial charge is 0.378 e. The zero-order chi connectivity index (χ0) is 17.8. The van der Waals surface area contributed by atoms with Crippen LogP contribution in [0.15, 0.2) is 29.3 Å². The van der Waals surface area contributed by atoms with Gasteiger partial charge in [0, 0.05) is 26.2 Å². The Morgan fingerprint density at radius 2 is 1.58 bits per heavy atom. The third-order valence-electron chi connectivity index (χ3n) is 4.53. The number of amides is 1. The molecule has 26 heavy (non-hydrogen) atoms. The van der Waals surface area contributed by atoms with Crippen molar-refractivity contribution in [1.29, 1.82) is 0 Å². The van der Waals surface area contributed by atoms with Gasteiger partial charge in [0.15, 0.2) is 5.82 Å². The van der Waals surface area contributed by atoms with Crippen LogP contribution in [0.25, 0.3) is 11.0 Å². The Labute approximate surface area is 156 Å². The summed E-state index contributed by atoms with van der Waals surface area (Å²) in [5, 5.41) is 0.812. The lowest BCUT2D eigenvalue weighted by Crippen LogP contribution is -2.41. The molecule has 0 bridgehead atoms. The van der Waals surface area contributed by atoms with Crippen molar-refractivity contribution in [3.05, 3.63) is 24.3 Å². The molecule has 2 aliphatic heterocycles. The van der Waals surface area contributed by atoms with Crippen LogP contribution < -0.4 is 4.90 Å². The van der Waals surface area contributed by atoms with Crippen LogP contribution >= 0.6 is 11.8 Å². The van der Waals surface area contributed by atoms with Gasteiger partial charge in [0.05, 0.1) is 43.2 Å². The Hall–Kier alpha value is -1.90. The number of morpholine rings is 2. The van der Waals surface area contributed by atoms with E-state index in [0.29, 0.717) is 45.3 Å². The molecule has 0 saturated carbocycles. The monoisotopic (exact) mass is 374 g/mol. The molecule has 0 unspecified atom stereocenters. The Balaban J connectivity index is 1.56. The number of para-hydroxylation sites is 2. The van der Waals surface area contributed by atoms with Crippen LogP contribution in [0.4, 0.5) is 5.82 Å². The molecule has 0 spiro atoms. The first-order valence-electron chi connectivity index (χ1n) is 8.89. The second-order valence-corrected chi connectivity index (χ2v) is 7.19. The highest BCUT2D eigenvalue weighted by atomic mass is 32.2. The minimum atomic E-state index is 0.126. The summed E-state index contributed by atoms with van der Waals surface area (Å²) in [7, 11) is 0. The van der Waals surface area contributed by atoms with Crippen molar-refractivity contribution in [2.24, 2.45) is 0 Å². The van der Waals surface area contributed by atoms with E-state index >= 15 is 0 Å². The third-order valence-corrected chi connectivity index (χ3v) is 5.47. The maximum Gasteiger partial charge on any atom is 0.233 e. The number of benzene rings is 1. The van der Waals surface area contributed by atoms with Gasteiger partial charge in [0.1, 0.15) is 5.03 Å². The summed E-state index contributed by atoms with van der Waals surface area (Å²) in [6.07, 6.45) is 0. The summed E-state index contributed by atoms with van der Waals surface area (Å²) >= 11 is 1.47. The van der Waals surface area contributed by atoms with Gasteiger partial charge in [-0.3, -0.25) is 4.79 Å². The topological polar surface area (TPSA) is 67.8 Å². The molecule has 1 amide bonds. The lowest BCUT2D eigenvalue weighted by molar-refractivity contribution is -0.132. The maximum absolute atomic E-state index is 12.5. The number of hydrogen-bond donors (Lipinski definition) is 0. The van der Waals surface area contributed by atoms with E-state index < -0.39 is 0 Å². The highest BCUT2D eigenvalue weighted by molar-refractivity contribution is 8.00. The first kappa shape index (κ1) is 17.5. The number of thioether (sulfide) groups is 1. The number of ether oxygens (including phenoxy) is 2. The zero-order valence-electron chi connectivity index (χ0n) is 14.6. The van der Waals surface area contributed by atoms with Crippen molar-refractivity contribution >= 4 is 34.5 Å². The Kier molecular flexibility index (Phi) is 5.52. The lowest BCUT2D eigenvalue weighted by atomic mass is 10.3. The van der Waals surface area contributed by atoms with E-state index in [9.17, 15) is 4.79 Å². The number of fused-ring (bicyclic) bond motifs is 1. The molecule has 7 nitrogen and oxygen atoms in total. The van der Waals surface area contributed by atoms with Crippen LogP contribution in [0.1, 0.15) is 0 Å². The van der Waals surface area contributed by atoms with Crippen LogP contribution in [0.3, 0.4) is 0 Å². The highest BCUT2D eigenvalue weighted by Crippen LogP contribution is 2.29. The first-order chi connectivity index (χ1) is 12.8. The molecule has 1 aromatic carbocycles. The second-order valence-electron chi connectivity index (χ2n) is 6.22. The Bertz CT molecular complexity index is 776. The number of carbonyl (C=O) groups is 1. The van der Waals surface area contributed by atoms with Crippen molar-refractivity contribution in [1.82, 2.24) is 14.9 Å². The molecule has 1 aromatic heterocycles. The van der Waals surface area contributed by atoms with Crippen molar-refractivity contribution in [3.8, 4) is 0 Å². The SMILES string of the molecule is O=C(CSc1nc2ccccc2nc1N1CCOCC1)N1CCOCC1. The summed E-state index contributed by atoms with van der Waals surface area (Å²) in [4.78, 5) is 26.2. The molecule has 0 aliphatic carbocycles. The van der Waals surface area contributed by atoms with Crippen LogP contribution in [-0.2, 0) is 14.3 Å². The quantitative estimate of drug-likeness (QED) is 0.750. The van der Waals surface area contributed by atoms with Crippen LogP contribution in [0.5, 0.6) is 0 Å². The van der Waals surface area contributed by atoms with Gasteiger partial charge in [-0.2, -0.15) is 0 Å². The number of anilines is 1. The fourth-order valence-electron chi connectivity index (χ4n) is 3.09. The molecule has 8 heteroatoms. The van der Waals surface area contributed by atoms with Crippen LogP contribution in [-0.4, -0.2) is 79.1 Å². The summed E-state index contributed by atoms with van der Waals surface area (Å²) in [5.41, 5.74) is 1.73. The van der Waals surface area contributed by atoms with Crippen LogP contribution in [0.2, 0.25) is 0 Å². The van der Waals surface area contributed by atoms with Gasteiger partial charge in [-0.25, -0.2) is 9.97 Å². The molecule has 2 aliphatic rings. The molecule has 2 saturated heterocycles. The summed E-state index contributed by atoms with van der Waals surface area (Å²) in [6, 6.07) is 7.85. The molecule has 138 valence electrons. The average molecular weight is 374 g/mol. The smallest absolute Gasteiger partial charge is 0.233 e. The second kappa shape index (κ2) is 8.20. The zero-order valence-corrected chi connectivity index (χ0v) is 15.4. The number of carbonyl (C=O) groups excluding carboxylic acids is 1. The van der Waals surface area contributed by atoms with E-state index in [0.717, 1.165) is 35.0 Å². The average Bonchev–Trinajstić information content (AvgIpc) is 2.72. The molecular formula is C18H22N4O3S. The van der Waals surface area contributed by atoms with E-state index in [1.807, 2.05) is 29.2 Å². The van der Waals surface area contributed by atoms with Crippen molar-refractivity contribution in [3.63, 3.8) is 0 Å². The van der Waals surface area contributed by atoms with E-state index in [2.05, 4.69) is 4.90 Å². The molecule has 0 N–H and O–H groups in total. The molecule has 0 atom stereocenters. The number of rotatable bonds is 4. The minimum absolute atomic E-state index is 0.126. The van der Waals surface area contributed by atoms with E-state index in [-0.39, 0.29) is 5.91 Å². The fraction of sp³-hybridized carbons (Fsp3) is 0.500. The number of hydrogen-bond acceptors (Lipinski definition) is 7. The normalized spacial score (nSPS) is 18.3. The molecule has 3 heterocycles. The molecule has 2 fully saturated rings. The van der Waals surface area contributed by atoms with Gasteiger partial charge in [-0.05, 0) is 12.1 Å². The summed E-state index contributed by atoms with van der Waals surface area (Å²) in [6.45, 7) is 5.52. The third kappa shape index (κ3) is 3.92. The molecular weight excluding hydrogens is 352 g/mol. The Morgan fingerprint density at radius 3 is 2.27 bits per heavy atom. The highest BCUT2D eigenvalue weighted by Gasteiger charge is 2.22. The van der Waals surface area contributed by atoms with Gasteiger partial charge in [0.25, 0.3) is 0 Å². The molecule has 0 radical (unpaired) electrons. The Morgan fingerprint density at radius 1 is 0.962 bits per heavy atom.